The second-order valence-electron chi connectivity index (χ2n) is 5.74. The number of hydrogen-bond acceptors (Lipinski definition) is 4. The lowest BCUT2D eigenvalue weighted by molar-refractivity contribution is 0.0527. The molecule has 1 aromatic heterocycles. The smallest absolute Gasteiger partial charge is 0.341 e. The monoisotopic (exact) mass is 354 g/mol. The van der Waals surface area contributed by atoms with Crippen LogP contribution < -0.4 is 4.90 Å². The van der Waals surface area contributed by atoms with Crippen molar-refractivity contribution in [1.29, 1.82) is 0 Å². The number of anilines is 1. The number of halogens is 1. The van der Waals surface area contributed by atoms with E-state index in [0.29, 0.717) is 23.7 Å². The Morgan fingerprint density at radius 1 is 1.20 bits per heavy atom. The maximum atomic E-state index is 12.4. The van der Waals surface area contributed by atoms with E-state index in [1.165, 1.54) is 0 Å². The van der Waals surface area contributed by atoms with Crippen LogP contribution in [0.1, 0.15) is 22.8 Å². The van der Waals surface area contributed by atoms with E-state index >= 15 is 0 Å². The molecule has 0 unspecified atom stereocenters. The molecule has 0 saturated carbocycles. The zero-order valence-corrected chi connectivity index (χ0v) is 15.0. The van der Waals surface area contributed by atoms with E-state index in [1.807, 2.05) is 42.3 Å². The summed E-state index contributed by atoms with van der Waals surface area (Å²) in [6, 6.07) is 15.6. The molecular formula is C20H19ClN2O2. The third-order valence-electron chi connectivity index (χ3n) is 3.94. The van der Waals surface area contributed by atoms with Gasteiger partial charge in [-0.05, 0) is 30.7 Å². The van der Waals surface area contributed by atoms with E-state index in [4.69, 9.17) is 16.3 Å². The number of pyridine rings is 1. The van der Waals surface area contributed by atoms with Crippen molar-refractivity contribution >= 4 is 34.2 Å². The molecule has 0 amide bonds. The minimum atomic E-state index is -0.383. The van der Waals surface area contributed by atoms with Crippen molar-refractivity contribution in [3.63, 3.8) is 0 Å². The van der Waals surface area contributed by atoms with Crippen LogP contribution in [0.2, 0.25) is 5.02 Å². The first-order valence-corrected chi connectivity index (χ1v) is 8.48. The minimum absolute atomic E-state index is 0.314. The number of ether oxygens (including phenoxy) is 1. The molecule has 0 radical (unpaired) electrons. The molecule has 0 aliphatic carbocycles. The van der Waals surface area contributed by atoms with Gasteiger partial charge in [0.05, 0.1) is 17.8 Å². The Balaban J connectivity index is 2.12. The van der Waals surface area contributed by atoms with Crippen molar-refractivity contribution in [3.05, 3.63) is 70.9 Å². The normalized spacial score (nSPS) is 10.7. The lowest BCUT2D eigenvalue weighted by Crippen LogP contribution is -2.21. The zero-order valence-electron chi connectivity index (χ0n) is 14.2. The summed E-state index contributed by atoms with van der Waals surface area (Å²) in [5, 5.41) is 1.43. The number of esters is 1. The fourth-order valence-electron chi connectivity index (χ4n) is 2.86. The highest BCUT2D eigenvalue weighted by Crippen LogP contribution is 2.32. The summed E-state index contributed by atoms with van der Waals surface area (Å²) in [7, 11) is 1.95. The number of fused-ring (bicyclic) bond motifs is 1. The van der Waals surface area contributed by atoms with Gasteiger partial charge >= 0.3 is 5.97 Å². The molecule has 25 heavy (non-hydrogen) atoms. The molecule has 5 heteroatoms. The fourth-order valence-corrected chi connectivity index (χ4v) is 3.03. The van der Waals surface area contributed by atoms with Gasteiger partial charge in [0.1, 0.15) is 5.56 Å². The van der Waals surface area contributed by atoms with Crippen molar-refractivity contribution in [2.24, 2.45) is 0 Å². The molecule has 128 valence electrons. The molecular weight excluding hydrogens is 336 g/mol. The van der Waals surface area contributed by atoms with Crippen LogP contribution in [0.5, 0.6) is 0 Å². The maximum Gasteiger partial charge on any atom is 0.341 e. The number of benzene rings is 2. The predicted molar refractivity (Wildman–Crippen MR) is 101 cm³/mol. The van der Waals surface area contributed by atoms with Gasteiger partial charge in [0, 0.05) is 30.2 Å². The first-order valence-electron chi connectivity index (χ1n) is 8.10. The quantitative estimate of drug-likeness (QED) is 0.623. The fraction of sp³-hybridized carbons (Fsp3) is 0.200. The van der Waals surface area contributed by atoms with Gasteiger partial charge in [-0.25, -0.2) is 4.79 Å². The minimum Gasteiger partial charge on any atom is -0.462 e. The average Bonchev–Trinajstić information content (AvgIpc) is 2.61. The van der Waals surface area contributed by atoms with Crippen molar-refractivity contribution in [2.45, 2.75) is 13.5 Å². The van der Waals surface area contributed by atoms with Crippen molar-refractivity contribution < 1.29 is 9.53 Å². The van der Waals surface area contributed by atoms with Gasteiger partial charge in [0.2, 0.25) is 0 Å². The highest BCUT2D eigenvalue weighted by molar-refractivity contribution is 6.31. The molecule has 0 aliphatic heterocycles. The number of hydrogen-bond donors (Lipinski definition) is 0. The van der Waals surface area contributed by atoms with Gasteiger partial charge in [-0.1, -0.05) is 41.9 Å². The van der Waals surface area contributed by atoms with Crippen LogP contribution in [0, 0.1) is 0 Å². The summed E-state index contributed by atoms with van der Waals surface area (Å²) in [6.45, 7) is 2.75. The number of aromatic nitrogens is 1. The molecule has 0 aliphatic rings. The SMILES string of the molecule is CCOC(=O)c1cnc2ccc(Cl)cc2c1N(C)Cc1ccccc1. The molecule has 2 aromatic carbocycles. The summed E-state index contributed by atoms with van der Waals surface area (Å²) in [6.07, 6.45) is 1.57. The standard InChI is InChI=1S/C20H19ClN2O2/c1-3-25-20(24)17-12-22-18-10-9-15(21)11-16(18)19(17)23(2)13-14-7-5-4-6-8-14/h4-12H,3,13H2,1-2H3. The van der Waals surface area contributed by atoms with Gasteiger partial charge < -0.3 is 9.64 Å². The van der Waals surface area contributed by atoms with E-state index in [0.717, 1.165) is 22.2 Å². The Morgan fingerprint density at radius 2 is 1.96 bits per heavy atom. The van der Waals surface area contributed by atoms with Crippen LogP contribution in [0.3, 0.4) is 0 Å². The summed E-state index contributed by atoms with van der Waals surface area (Å²) in [5.41, 5.74) is 3.14. The Hall–Kier alpha value is -2.59. The topological polar surface area (TPSA) is 42.4 Å². The Labute approximate surface area is 152 Å². The molecule has 4 nitrogen and oxygen atoms in total. The van der Waals surface area contributed by atoms with Crippen LogP contribution in [0.25, 0.3) is 10.9 Å². The molecule has 3 aromatic rings. The number of carbonyl (C=O) groups is 1. The van der Waals surface area contributed by atoms with Gasteiger partial charge in [-0.2, -0.15) is 0 Å². The Bertz CT molecular complexity index is 897. The van der Waals surface area contributed by atoms with E-state index in [-0.39, 0.29) is 5.97 Å². The van der Waals surface area contributed by atoms with Gasteiger partial charge in [0.15, 0.2) is 0 Å². The van der Waals surface area contributed by atoms with Crippen molar-refractivity contribution in [1.82, 2.24) is 4.98 Å². The van der Waals surface area contributed by atoms with E-state index in [1.54, 1.807) is 19.2 Å². The number of carbonyl (C=O) groups excluding carboxylic acids is 1. The van der Waals surface area contributed by atoms with E-state index in [9.17, 15) is 4.79 Å². The molecule has 0 N–H and O–H groups in total. The highest BCUT2D eigenvalue weighted by Gasteiger charge is 2.20. The van der Waals surface area contributed by atoms with E-state index < -0.39 is 0 Å². The average molecular weight is 355 g/mol. The summed E-state index contributed by atoms with van der Waals surface area (Å²) in [4.78, 5) is 18.8. The zero-order chi connectivity index (χ0) is 17.8. The molecule has 0 fully saturated rings. The van der Waals surface area contributed by atoms with Crippen LogP contribution >= 0.6 is 11.6 Å². The number of rotatable bonds is 5. The highest BCUT2D eigenvalue weighted by atomic mass is 35.5. The molecule has 0 spiro atoms. The summed E-state index contributed by atoms with van der Waals surface area (Å²) < 4.78 is 5.21. The van der Waals surface area contributed by atoms with Crippen LogP contribution in [-0.4, -0.2) is 24.6 Å². The molecule has 3 rings (SSSR count). The van der Waals surface area contributed by atoms with Gasteiger partial charge in [0.25, 0.3) is 0 Å². The summed E-state index contributed by atoms with van der Waals surface area (Å²) in [5.74, 6) is -0.383. The largest absolute Gasteiger partial charge is 0.462 e. The third kappa shape index (κ3) is 3.74. The second kappa shape index (κ2) is 7.53. The first-order chi connectivity index (χ1) is 12.1. The number of nitrogens with zero attached hydrogens (tertiary/aromatic N) is 2. The van der Waals surface area contributed by atoms with Crippen LogP contribution in [0.4, 0.5) is 5.69 Å². The predicted octanol–water partition coefficient (Wildman–Crippen LogP) is 4.70. The molecule has 0 saturated heterocycles. The lowest BCUT2D eigenvalue weighted by atomic mass is 10.1. The lowest BCUT2D eigenvalue weighted by Gasteiger charge is -2.23. The Kier molecular flexibility index (Phi) is 5.19. The molecule has 1 heterocycles. The van der Waals surface area contributed by atoms with E-state index in [2.05, 4.69) is 17.1 Å². The molecule has 0 bridgehead atoms. The van der Waals surface area contributed by atoms with Gasteiger partial charge in [-0.15, -0.1) is 0 Å². The Morgan fingerprint density at radius 3 is 2.68 bits per heavy atom. The molecule has 0 atom stereocenters. The maximum absolute atomic E-state index is 12.4. The van der Waals surface area contributed by atoms with Crippen LogP contribution in [0.15, 0.2) is 54.7 Å². The summed E-state index contributed by atoms with van der Waals surface area (Å²) >= 11 is 6.19. The third-order valence-corrected chi connectivity index (χ3v) is 4.18. The van der Waals surface area contributed by atoms with Crippen molar-refractivity contribution in [3.8, 4) is 0 Å². The van der Waals surface area contributed by atoms with Gasteiger partial charge in [-0.3, -0.25) is 4.98 Å². The van der Waals surface area contributed by atoms with Crippen molar-refractivity contribution in [2.75, 3.05) is 18.6 Å². The second-order valence-corrected chi connectivity index (χ2v) is 6.18. The van der Waals surface area contributed by atoms with Crippen LogP contribution in [-0.2, 0) is 11.3 Å². The first kappa shape index (κ1) is 17.2.